The minimum Gasteiger partial charge on any atom is -0.508 e. The van der Waals surface area contributed by atoms with Crippen LogP contribution in [0.4, 0.5) is 0 Å². The first-order chi connectivity index (χ1) is 8.63. The number of phenols is 1. The zero-order valence-electron chi connectivity index (χ0n) is 10.4. The first-order valence-corrected chi connectivity index (χ1v) is 6.11. The van der Waals surface area contributed by atoms with Crippen LogP contribution in [-0.2, 0) is 0 Å². The Morgan fingerprint density at radius 3 is 2.72 bits per heavy atom. The van der Waals surface area contributed by atoms with E-state index in [2.05, 4.69) is 6.07 Å². The lowest BCUT2D eigenvalue weighted by Crippen LogP contribution is -2.38. The molecule has 18 heavy (non-hydrogen) atoms. The molecule has 1 aliphatic rings. The average Bonchev–Trinajstić information content (AvgIpc) is 2.41. The van der Waals surface area contributed by atoms with Gasteiger partial charge in [0.05, 0.1) is 6.07 Å². The van der Waals surface area contributed by atoms with E-state index in [4.69, 9.17) is 5.26 Å². The maximum atomic E-state index is 12.3. The lowest BCUT2D eigenvalue weighted by Gasteiger charge is -2.29. The van der Waals surface area contributed by atoms with Gasteiger partial charge in [-0.25, -0.2) is 0 Å². The van der Waals surface area contributed by atoms with E-state index in [1.165, 1.54) is 0 Å². The number of rotatable bonds is 1. The maximum Gasteiger partial charge on any atom is 0.254 e. The Balaban J connectivity index is 2.13. The fourth-order valence-electron chi connectivity index (χ4n) is 2.24. The van der Waals surface area contributed by atoms with Crippen LogP contribution in [0.15, 0.2) is 18.2 Å². The minimum absolute atomic E-state index is 0.0558. The second kappa shape index (κ2) is 5.09. The molecule has 0 unspecified atom stereocenters. The van der Waals surface area contributed by atoms with Gasteiger partial charge in [0.2, 0.25) is 0 Å². The summed E-state index contributed by atoms with van der Waals surface area (Å²) in [6, 6.07) is 7.23. The number of piperidine rings is 1. The average molecular weight is 244 g/mol. The zero-order valence-corrected chi connectivity index (χ0v) is 10.4. The van der Waals surface area contributed by atoms with E-state index in [0.717, 1.165) is 12.8 Å². The van der Waals surface area contributed by atoms with Crippen molar-refractivity contribution in [2.45, 2.75) is 19.8 Å². The van der Waals surface area contributed by atoms with Crippen LogP contribution in [0.2, 0.25) is 0 Å². The smallest absolute Gasteiger partial charge is 0.254 e. The van der Waals surface area contributed by atoms with Gasteiger partial charge in [0.1, 0.15) is 5.75 Å². The van der Waals surface area contributed by atoms with E-state index in [9.17, 15) is 9.90 Å². The molecular weight excluding hydrogens is 228 g/mol. The van der Waals surface area contributed by atoms with Gasteiger partial charge < -0.3 is 10.0 Å². The number of benzene rings is 1. The van der Waals surface area contributed by atoms with Crippen molar-refractivity contribution in [3.05, 3.63) is 29.3 Å². The van der Waals surface area contributed by atoms with E-state index in [0.29, 0.717) is 24.2 Å². The molecular formula is C14H16N2O2. The second-order valence-electron chi connectivity index (χ2n) is 4.65. The van der Waals surface area contributed by atoms with Crippen LogP contribution in [-0.4, -0.2) is 29.0 Å². The number of phenolic OH excluding ortho intramolecular Hbond substituents is 1. The summed E-state index contributed by atoms with van der Waals surface area (Å²) in [6.45, 7) is 2.98. The summed E-state index contributed by atoms with van der Waals surface area (Å²) in [5.41, 5.74) is 1.16. The lowest BCUT2D eigenvalue weighted by atomic mass is 9.97. The Bertz CT molecular complexity index is 497. The molecule has 1 N–H and O–H groups in total. The van der Waals surface area contributed by atoms with Crippen molar-refractivity contribution >= 4 is 5.91 Å². The van der Waals surface area contributed by atoms with Crippen molar-refractivity contribution < 1.29 is 9.90 Å². The summed E-state index contributed by atoms with van der Waals surface area (Å²) in [7, 11) is 0. The van der Waals surface area contributed by atoms with Gasteiger partial charge in [0, 0.05) is 30.1 Å². The molecule has 0 atom stereocenters. The third-order valence-electron chi connectivity index (χ3n) is 3.50. The van der Waals surface area contributed by atoms with Gasteiger partial charge in [-0.3, -0.25) is 4.79 Å². The van der Waals surface area contributed by atoms with Crippen LogP contribution >= 0.6 is 0 Å². The number of hydrogen-bond donors (Lipinski definition) is 1. The lowest BCUT2D eigenvalue weighted by molar-refractivity contribution is 0.0706. The third-order valence-corrected chi connectivity index (χ3v) is 3.50. The normalized spacial score (nSPS) is 16.3. The van der Waals surface area contributed by atoms with Crippen molar-refractivity contribution in [3.63, 3.8) is 0 Å². The van der Waals surface area contributed by atoms with Crippen LogP contribution in [0, 0.1) is 24.2 Å². The highest BCUT2D eigenvalue weighted by Gasteiger charge is 2.24. The standard InChI is InChI=1S/C14H16N2O2/c1-10-12(3-2-4-13(10)17)14(18)16-7-5-11(9-15)6-8-16/h2-4,11,17H,5-8H2,1H3. The largest absolute Gasteiger partial charge is 0.508 e. The molecule has 0 bridgehead atoms. The first-order valence-electron chi connectivity index (χ1n) is 6.11. The number of nitrogens with zero attached hydrogens (tertiary/aromatic N) is 2. The quantitative estimate of drug-likeness (QED) is 0.822. The Hall–Kier alpha value is -2.02. The Kier molecular flexibility index (Phi) is 3.52. The first kappa shape index (κ1) is 12.4. The van der Waals surface area contributed by atoms with Crippen molar-refractivity contribution in [3.8, 4) is 11.8 Å². The Morgan fingerprint density at radius 1 is 1.44 bits per heavy atom. The molecule has 1 amide bonds. The minimum atomic E-state index is -0.0558. The fourth-order valence-corrected chi connectivity index (χ4v) is 2.24. The highest BCUT2D eigenvalue weighted by molar-refractivity contribution is 5.96. The molecule has 0 aliphatic carbocycles. The van der Waals surface area contributed by atoms with Crippen LogP contribution < -0.4 is 0 Å². The van der Waals surface area contributed by atoms with E-state index in [1.807, 2.05) is 0 Å². The molecule has 4 nitrogen and oxygen atoms in total. The van der Waals surface area contributed by atoms with Gasteiger partial charge >= 0.3 is 0 Å². The molecule has 1 saturated heterocycles. The van der Waals surface area contributed by atoms with Crippen LogP contribution in [0.5, 0.6) is 5.75 Å². The predicted octanol–water partition coefficient (Wildman–Crippen LogP) is 2.08. The van der Waals surface area contributed by atoms with Gasteiger partial charge in [-0.05, 0) is 31.9 Å². The van der Waals surface area contributed by atoms with Gasteiger partial charge in [0.15, 0.2) is 0 Å². The maximum absolute atomic E-state index is 12.3. The Morgan fingerprint density at radius 2 is 2.11 bits per heavy atom. The molecule has 0 spiro atoms. The SMILES string of the molecule is Cc1c(O)cccc1C(=O)N1CCC(C#N)CC1. The highest BCUT2D eigenvalue weighted by atomic mass is 16.3. The summed E-state index contributed by atoms with van der Waals surface area (Å²) in [6.07, 6.45) is 1.47. The number of amides is 1. The molecule has 1 fully saturated rings. The molecule has 0 radical (unpaired) electrons. The predicted molar refractivity (Wildman–Crippen MR) is 67.1 cm³/mol. The van der Waals surface area contributed by atoms with Gasteiger partial charge in [-0.1, -0.05) is 6.07 Å². The fraction of sp³-hybridized carbons (Fsp3) is 0.429. The number of aromatic hydroxyl groups is 1. The number of likely N-dealkylation sites (tertiary alicyclic amines) is 1. The number of carbonyl (C=O) groups excluding carboxylic acids is 1. The molecule has 1 aliphatic heterocycles. The van der Waals surface area contributed by atoms with E-state index in [1.54, 1.807) is 30.0 Å². The van der Waals surface area contributed by atoms with Crippen molar-refractivity contribution in [1.29, 1.82) is 5.26 Å². The second-order valence-corrected chi connectivity index (χ2v) is 4.65. The summed E-state index contributed by atoms with van der Waals surface area (Å²) in [5, 5.41) is 18.4. The van der Waals surface area contributed by atoms with Gasteiger partial charge in [-0.2, -0.15) is 5.26 Å². The Labute approximate surface area is 106 Å². The molecule has 1 aromatic carbocycles. The summed E-state index contributed by atoms with van der Waals surface area (Å²) < 4.78 is 0. The molecule has 0 aromatic heterocycles. The number of hydrogen-bond acceptors (Lipinski definition) is 3. The topological polar surface area (TPSA) is 64.3 Å². The van der Waals surface area contributed by atoms with Crippen molar-refractivity contribution in [2.24, 2.45) is 5.92 Å². The van der Waals surface area contributed by atoms with E-state index < -0.39 is 0 Å². The van der Waals surface area contributed by atoms with Gasteiger partial charge in [0.25, 0.3) is 5.91 Å². The van der Waals surface area contributed by atoms with Crippen LogP contribution in [0.1, 0.15) is 28.8 Å². The highest BCUT2D eigenvalue weighted by Crippen LogP contribution is 2.23. The molecule has 2 rings (SSSR count). The van der Waals surface area contributed by atoms with E-state index >= 15 is 0 Å². The van der Waals surface area contributed by atoms with Gasteiger partial charge in [-0.15, -0.1) is 0 Å². The summed E-state index contributed by atoms with van der Waals surface area (Å²) in [5.74, 6) is 0.159. The van der Waals surface area contributed by atoms with Crippen molar-refractivity contribution in [1.82, 2.24) is 4.90 Å². The van der Waals surface area contributed by atoms with Crippen LogP contribution in [0.3, 0.4) is 0 Å². The van der Waals surface area contributed by atoms with Crippen molar-refractivity contribution in [2.75, 3.05) is 13.1 Å². The monoisotopic (exact) mass is 244 g/mol. The molecule has 1 heterocycles. The number of carbonyl (C=O) groups is 1. The third kappa shape index (κ3) is 2.30. The molecule has 4 heteroatoms. The van der Waals surface area contributed by atoms with Crippen LogP contribution in [0.25, 0.3) is 0 Å². The molecule has 94 valence electrons. The molecule has 1 aromatic rings. The van der Waals surface area contributed by atoms with E-state index in [-0.39, 0.29) is 17.6 Å². The summed E-state index contributed by atoms with van der Waals surface area (Å²) >= 11 is 0. The zero-order chi connectivity index (χ0) is 13.1. The number of nitriles is 1. The summed E-state index contributed by atoms with van der Waals surface area (Å²) in [4.78, 5) is 14.1. The molecule has 0 saturated carbocycles.